The Morgan fingerprint density at radius 1 is 1.18 bits per heavy atom. The van der Waals surface area contributed by atoms with Crippen LogP contribution in [0.25, 0.3) is 22.1 Å². The number of imidazole rings is 1. The first-order valence-corrected chi connectivity index (χ1v) is 12.8. The van der Waals surface area contributed by atoms with Gasteiger partial charge in [0, 0.05) is 43.5 Å². The maximum atomic E-state index is 13.7. The lowest BCUT2D eigenvalue weighted by Crippen LogP contribution is -2.40. The van der Waals surface area contributed by atoms with Crippen LogP contribution in [0.4, 0.5) is 9.59 Å². The van der Waals surface area contributed by atoms with Crippen molar-refractivity contribution in [1.82, 2.24) is 28.2 Å². The van der Waals surface area contributed by atoms with Crippen molar-refractivity contribution in [2.45, 2.75) is 45.3 Å². The van der Waals surface area contributed by atoms with Crippen molar-refractivity contribution in [1.29, 1.82) is 0 Å². The van der Waals surface area contributed by atoms with Gasteiger partial charge in [0.05, 0.1) is 17.8 Å². The highest BCUT2D eigenvalue weighted by Crippen LogP contribution is 2.30. The Balaban J connectivity index is 1.56. The Morgan fingerprint density at radius 2 is 1.90 bits per heavy atom. The van der Waals surface area contributed by atoms with Crippen molar-refractivity contribution < 1.29 is 19.4 Å². The molecule has 1 N–H and O–H groups in total. The molecule has 0 radical (unpaired) electrons. The number of fused-ring (bicyclic) bond motifs is 2. The number of likely N-dealkylation sites (tertiary alicyclic amines) is 1. The van der Waals surface area contributed by atoms with Crippen molar-refractivity contribution in [3.05, 3.63) is 61.6 Å². The van der Waals surface area contributed by atoms with Gasteiger partial charge in [-0.25, -0.2) is 23.9 Å². The number of amides is 1. The molecule has 1 fully saturated rings. The van der Waals surface area contributed by atoms with Gasteiger partial charge in [0.2, 0.25) is 0 Å². The van der Waals surface area contributed by atoms with Crippen molar-refractivity contribution in [2.75, 3.05) is 13.1 Å². The molecule has 0 aliphatic carbocycles. The maximum Gasteiger partial charge on any atom is 0.416 e. The Labute approximate surface area is 227 Å². The van der Waals surface area contributed by atoms with E-state index in [4.69, 9.17) is 16.3 Å². The number of benzene rings is 1. The van der Waals surface area contributed by atoms with Gasteiger partial charge in [-0.2, -0.15) is 0 Å². The van der Waals surface area contributed by atoms with Gasteiger partial charge in [-0.05, 0) is 45.4 Å². The average molecular weight is 557 g/mol. The van der Waals surface area contributed by atoms with Crippen molar-refractivity contribution in [3.8, 4) is 0 Å². The molecule has 0 saturated carbocycles. The minimum Gasteiger partial charge on any atom is -0.464 e. The van der Waals surface area contributed by atoms with Crippen LogP contribution in [0, 0.1) is 0 Å². The first-order chi connectivity index (χ1) is 18.3. The molecule has 1 unspecified atom stereocenters. The van der Waals surface area contributed by atoms with Crippen LogP contribution in [-0.4, -0.2) is 64.1 Å². The summed E-state index contributed by atoms with van der Waals surface area (Å²) in [4.78, 5) is 57.9. The number of carboxylic acid groups (broad SMARTS) is 1. The highest BCUT2D eigenvalue weighted by atomic mass is 35.5. The third-order valence-electron chi connectivity index (χ3n) is 6.98. The number of carbonyl (C=O) groups is 2. The van der Waals surface area contributed by atoms with Crippen LogP contribution in [0.1, 0.15) is 44.6 Å². The van der Waals surface area contributed by atoms with E-state index in [1.54, 1.807) is 61.6 Å². The van der Waals surface area contributed by atoms with E-state index in [2.05, 4.69) is 4.98 Å². The molecule has 0 spiro atoms. The van der Waals surface area contributed by atoms with E-state index < -0.39 is 29.0 Å². The Hall–Kier alpha value is -4.06. The van der Waals surface area contributed by atoms with Crippen molar-refractivity contribution in [2.24, 2.45) is 14.1 Å². The van der Waals surface area contributed by atoms with E-state index >= 15 is 0 Å². The van der Waals surface area contributed by atoms with Crippen LogP contribution < -0.4 is 11.2 Å². The largest absolute Gasteiger partial charge is 0.464 e. The molecule has 4 heterocycles. The Kier molecular flexibility index (Phi) is 6.33. The summed E-state index contributed by atoms with van der Waals surface area (Å²) in [6, 6.07) is 6.45. The van der Waals surface area contributed by atoms with Gasteiger partial charge in [0.25, 0.3) is 5.56 Å². The van der Waals surface area contributed by atoms with Gasteiger partial charge < -0.3 is 19.3 Å². The minimum absolute atomic E-state index is 0.158. The highest BCUT2D eigenvalue weighted by Gasteiger charge is 2.34. The molecule has 206 valence electrons. The summed E-state index contributed by atoms with van der Waals surface area (Å²) in [6.07, 6.45) is -1.04. The van der Waals surface area contributed by atoms with Crippen LogP contribution in [0.15, 0.2) is 33.9 Å². The zero-order valence-corrected chi connectivity index (χ0v) is 23.0. The normalized spacial score (nSPS) is 15.9. The fourth-order valence-corrected chi connectivity index (χ4v) is 5.41. The summed E-state index contributed by atoms with van der Waals surface area (Å²) in [5, 5.41) is 10.7. The number of nitrogens with zero attached hydrogens (tertiary/aromatic N) is 6. The van der Waals surface area contributed by atoms with Crippen LogP contribution in [0.5, 0.6) is 0 Å². The van der Waals surface area contributed by atoms with Gasteiger partial charge in [-0.15, -0.1) is 0 Å². The van der Waals surface area contributed by atoms with Crippen molar-refractivity contribution >= 4 is 45.9 Å². The summed E-state index contributed by atoms with van der Waals surface area (Å²) in [6.45, 7) is 5.98. The molecule has 4 aromatic rings. The third-order valence-corrected chi connectivity index (χ3v) is 7.31. The van der Waals surface area contributed by atoms with Crippen LogP contribution in [-0.2, 0) is 25.4 Å². The molecule has 1 atom stereocenters. The first-order valence-electron chi connectivity index (χ1n) is 12.4. The zero-order valence-electron chi connectivity index (χ0n) is 22.3. The lowest BCUT2D eigenvalue weighted by molar-refractivity contribution is 0.0292. The fourth-order valence-electron chi connectivity index (χ4n) is 5.18. The predicted molar refractivity (Wildman–Crippen MR) is 145 cm³/mol. The summed E-state index contributed by atoms with van der Waals surface area (Å²) >= 11 is 6.28. The van der Waals surface area contributed by atoms with E-state index in [0.717, 1.165) is 9.13 Å². The summed E-state index contributed by atoms with van der Waals surface area (Å²) in [5.41, 5.74) is -0.842. The molecule has 1 aromatic carbocycles. The van der Waals surface area contributed by atoms with Crippen molar-refractivity contribution in [3.63, 3.8) is 0 Å². The Bertz CT molecular complexity index is 1770. The molecular formula is C26H29ClN6O6. The monoisotopic (exact) mass is 556 g/mol. The molecule has 1 saturated heterocycles. The zero-order chi connectivity index (χ0) is 28.4. The Morgan fingerprint density at radius 3 is 2.56 bits per heavy atom. The van der Waals surface area contributed by atoms with Crippen LogP contribution >= 0.6 is 11.6 Å². The molecular weight excluding hydrogens is 528 g/mol. The second kappa shape index (κ2) is 9.30. The minimum atomic E-state index is -1.26. The van der Waals surface area contributed by atoms with E-state index in [1.807, 2.05) is 0 Å². The number of aromatic nitrogens is 5. The summed E-state index contributed by atoms with van der Waals surface area (Å²) in [7, 11) is 3.22. The molecule has 12 nitrogen and oxygen atoms in total. The summed E-state index contributed by atoms with van der Waals surface area (Å²) < 4.78 is 10.4. The average Bonchev–Trinajstić information content (AvgIpc) is 3.55. The molecule has 1 aliphatic heterocycles. The van der Waals surface area contributed by atoms with E-state index in [1.165, 1.54) is 11.6 Å². The number of rotatable bonds is 3. The standard InChI is InChI=1S/C26H29ClN6O6/c1-26(2,3)39-25(38)31-10-9-14(12-31)20-28-21-19(29(20)4)22(34)32(23(35)30(21)5)13-15-11-16-17(27)7-6-8-18(16)33(15)24(36)37/h6-8,11,14H,9-10,12-13H2,1-5H3,(H,36,37). The number of ether oxygens (including phenoxy) is 1. The highest BCUT2D eigenvalue weighted by molar-refractivity contribution is 6.35. The van der Waals surface area contributed by atoms with E-state index in [9.17, 15) is 24.3 Å². The smallest absolute Gasteiger partial charge is 0.416 e. The maximum absolute atomic E-state index is 13.7. The van der Waals surface area contributed by atoms with Gasteiger partial charge in [0.1, 0.15) is 11.4 Å². The molecule has 13 heteroatoms. The SMILES string of the molecule is Cn1c(C2CCN(C(=O)OC(C)(C)C)C2)nc2c1c(=O)n(Cc1cc3c(Cl)cccc3n1C(=O)O)c(=O)n2C. The lowest BCUT2D eigenvalue weighted by Gasteiger charge is -2.24. The van der Waals surface area contributed by atoms with Gasteiger partial charge in [-0.1, -0.05) is 17.7 Å². The molecule has 0 bridgehead atoms. The molecule has 3 aromatic heterocycles. The third kappa shape index (κ3) is 4.48. The van der Waals surface area contributed by atoms with Crippen LogP contribution in [0.2, 0.25) is 5.02 Å². The molecule has 1 amide bonds. The molecule has 5 rings (SSSR count). The first kappa shape index (κ1) is 26.5. The fraction of sp³-hybridized carbons (Fsp3) is 0.423. The second-order valence-electron chi connectivity index (χ2n) is 10.8. The van der Waals surface area contributed by atoms with E-state index in [0.29, 0.717) is 41.3 Å². The lowest BCUT2D eigenvalue weighted by atomic mass is 10.1. The number of aryl methyl sites for hydroxylation is 2. The number of carbonyl (C=O) groups excluding carboxylic acids is 1. The number of halogens is 1. The second-order valence-corrected chi connectivity index (χ2v) is 11.2. The number of hydrogen-bond acceptors (Lipinski definition) is 6. The van der Waals surface area contributed by atoms with Crippen LogP contribution in [0.3, 0.4) is 0 Å². The quantitative estimate of drug-likeness (QED) is 0.409. The predicted octanol–water partition coefficient (Wildman–Crippen LogP) is 3.34. The molecule has 1 aliphatic rings. The van der Waals surface area contributed by atoms with Gasteiger partial charge in [-0.3, -0.25) is 13.9 Å². The topological polar surface area (TPSA) is 134 Å². The molecule has 39 heavy (non-hydrogen) atoms. The van der Waals surface area contributed by atoms with Gasteiger partial charge in [0.15, 0.2) is 11.2 Å². The number of hydrogen-bond donors (Lipinski definition) is 1. The summed E-state index contributed by atoms with van der Waals surface area (Å²) in [5.74, 6) is 0.418. The van der Waals surface area contributed by atoms with E-state index in [-0.39, 0.29) is 29.3 Å². The van der Waals surface area contributed by atoms with Gasteiger partial charge >= 0.3 is 17.9 Å².